The number of carbonyl (C=O) groups is 2. The number of unbranched alkanes of at least 4 members (excludes halogenated alkanes) is 1. The quantitative estimate of drug-likeness (QED) is 0.607. The lowest BCUT2D eigenvalue weighted by molar-refractivity contribution is -0.129. The molecule has 2 amide bonds. The highest BCUT2D eigenvalue weighted by Gasteiger charge is 2.29. The Morgan fingerprint density at radius 1 is 1.26 bits per heavy atom. The van der Waals surface area contributed by atoms with E-state index in [2.05, 4.69) is 22.1 Å². The molecule has 7 heteroatoms. The molecule has 1 aliphatic carbocycles. The molecule has 0 spiro atoms. The maximum absolute atomic E-state index is 13.6. The van der Waals surface area contributed by atoms with Crippen LogP contribution in [-0.4, -0.2) is 54.3 Å². The molecular formula is C24H38N4O2S. The Kier molecular flexibility index (Phi) is 8.52. The first-order valence-corrected chi connectivity index (χ1v) is 12.7. The lowest BCUT2D eigenvalue weighted by Crippen LogP contribution is -2.38. The number of amides is 2. The van der Waals surface area contributed by atoms with Gasteiger partial charge in [-0.1, -0.05) is 39.0 Å². The van der Waals surface area contributed by atoms with Crippen molar-refractivity contribution in [3.63, 3.8) is 0 Å². The van der Waals surface area contributed by atoms with Gasteiger partial charge in [-0.25, -0.2) is 0 Å². The molecule has 2 fully saturated rings. The number of nitrogens with zero attached hydrogens (tertiary/aromatic N) is 3. The number of carbonyl (C=O) groups excluding carboxylic acids is 2. The smallest absolute Gasteiger partial charge is 0.261 e. The predicted molar refractivity (Wildman–Crippen MR) is 128 cm³/mol. The summed E-state index contributed by atoms with van der Waals surface area (Å²) in [6.45, 7) is 9.20. The largest absolute Gasteiger partial charge is 0.354 e. The number of thiophene rings is 1. The summed E-state index contributed by atoms with van der Waals surface area (Å²) in [5.41, 5.74) is 1.74. The lowest BCUT2D eigenvalue weighted by Gasteiger charge is -2.22. The van der Waals surface area contributed by atoms with Gasteiger partial charge >= 0.3 is 0 Å². The number of imide groups is 1. The fourth-order valence-corrected chi connectivity index (χ4v) is 5.99. The van der Waals surface area contributed by atoms with Crippen LogP contribution in [0.2, 0.25) is 0 Å². The highest BCUT2D eigenvalue weighted by atomic mass is 32.1. The molecule has 0 radical (unpaired) electrons. The van der Waals surface area contributed by atoms with E-state index in [0.717, 1.165) is 60.9 Å². The monoisotopic (exact) mass is 446 g/mol. The van der Waals surface area contributed by atoms with Gasteiger partial charge in [-0.2, -0.15) is 0 Å². The average Bonchev–Trinajstić information content (AvgIpc) is 3.48. The summed E-state index contributed by atoms with van der Waals surface area (Å²) in [5, 5.41) is 3.29. The van der Waals surface area contributed by atoms with E-state index in [1.54, 1.807) is 23.3 Å². The van der Waals surface area contributed by atoms with Gasteiger partial charge in [0, 0.05) is 42.9 Å². The van der Waals surface area contributed by atoms with Gasteiger partial charge < -0.3 is 10.2 Å². The van der Waals surface area contributed by atoms with E-state index in [9.17, 15) is 9.59 Å². The van der Waals surface area contributed by atoms with E-state index in [1.165, 1.54) is 30.6 Å². The minimum absolute atomic E-state index is 0.000968. The molecule has 1 aromatic rings. The Labute approximate surface area is 191 Å². The van der Waals surface area contributed by atoms with Crippen LogP contribution < -0.4 is 5.32 Å². The topological polar surface area (TPSA) is 65.0 Å². The molecule has 1 aromatic heterocycles. The van der Waals surface area contributed by atoms with Crippen LogP contribution in [0, 0.1) is 19.8 Å². The Hall–Kier alpha value is -1.89. The molecule has 1 saturated carbocycles. The number of aliphatic imine (C=N–C) groups is 1. The molecule has 1 N–H and O–H groups in total. The Balaban J connectivity index is 1.75. The van der Waals surface area contributed by atoms with Crippen LogP contribution in [0.4, 0.5) is 0 Å². The van der Waals surface area contributed by atoms with Crippen LogP contribution in [-0.2, 0) is 11.3 Å². The van der Waals surface area contributed by atoms with Gasteiger partial charge in [-0.15, -0.1) is 11.3 Å². The zero-order valence-electron chi connectivity index (χ0n) is 19.6. The van der Waals surface area contributed by atoms with Crippen LogP contribution >= 0.6 is 11.3 Å². The summed E-state index contributed by atoms with van der Waals surface area (Å²) in [4.78, 5) is 36.9. The molecule has 0 atom stereocenters. The molecule has 2 aliphatic rings. The fraction of sp³-hybridized carbons (Fsp3) is 0.708. The second-order valence-electron chi connectivity index (χ2n) is 8.87. The number of nitrogens with one attached hydrogen (secondary N) is 1. The Morgan fingerprint density at radius 3 is 2.68 bits per heavy atom. The predicted octanol–water partition coefficient (Wildman–Crippen LogP) is 4.50. The standard InChI is InChI=1S/C24H38N4O2S/c1-5-6-14-28(21(29)12-11-19-9-7-8-10-19)23(30)22-17(2)20(31-18(22)3)16-27-15-13-26-24(27)25-4/h19H,5-16H2,1-4H3,(H,25,26). The van der Waals surface area contributed by atoms with Crippen molar-refractivity contribution in [1.29, 1.82) is 0 Å². The fourth-order valence-electron chi connectivity index (χ4n) is 4.80. The van der Waals surface area contributed by atoms with E-state index in [-0.39, 0.29) is 11.8 Å². The number of hydrogen-bond acceptors (Lipinski definition) is 4. The summed E-state index contributed by atoms with van der Waals surface area (Å²) < 4.78 is 0. The molecule has 2 heterocycles. The highest BCUT2D eigenvalue weighted by molar-refractivity contribution is 7.12. The Morgan fingerprint density at radius 2 is 2.00 bits per heavy atom. The van der Waals surface area contributed by atoms with E-state index in [1.807, 2.05) is 13.8 Å². The zero-order chi connectivity index (χ0) is 22.4. The van der Waals surface area contributed by atoms with Crippen molar-refractivity contribution in [2.75, 3.05) is 26.7 Å². The first-order valence-electron chi connectivity index (χ1n) is 11.8. The number of aryl methyl sites for hydroxylation is 1. The normalized spacial score (nSPS) is 18.1. The molecule has 3 rings (SSSR count). The van der Waals surface area contributed by atoms with E-state index < -0.39 is 0 Å². The van der Waals surface area contributed by atoms with Crippen LogP contribution in [0.3, 0.4) is 0 Å². The third-order valence-electron chi connectivity index (χ3n) is 6.67. The van der Waals surface area contributed by atoms with Gasteiger partial charge in [0.2, 0.25) is 5.91 Å². The van der Waals surface area contributed by atoms with Crippen LogP contribution in [0.25, 0.3) is 0 Å². The van der Waals surface area contributed by atoms with E-state index in [4.69, 9.17) is 0 Å². The van der Waals surface area contributed by atoms with Gasteiger partial charge in [0.1, 0.15) is 0 Å². The highest BCUT2D eigenvalue weighted by Crippen LogP contribution is 2.31. The SMILES string of the molecule is CCCCN(C(=O)CCC1CCCC1)C(=O)c1c(C)sc(CN2CCNC2=NC)c1C. The van der Waals surface area contributed by atoms with Crippen LogP contribution in [0.15, 0.2) is 4.99 Å². The molecule has 172 valence electrons. The first kappa shape index (κ1) is 23.8. The summed E-state index contributed by atoms with van der Waals surface area (Å²) in [6, 6.07) is 0. The second kappa shape index (κ2) is 11.1. The van der Waals surface area contributed by atoms with Crippen molar-refractivity contribution < 1.29 is 9.59 Å². The molecule has 0 unspecified atom stereocenters. The molecule has 31 heavy (non-hydrogen) atoms. The van der Waals surface area contributed by atoms with Crippen molar-refractivity contribution in [3.05, 3.63) is 20.9 Å². The zero-order valence-corrected chi connectivity index (χ0v) is 20.4. The van der Waals surface area contributed by atoms with E-state index in [0.29, 0.717) is 18.9 Å². The summed E-state index contributed by atoms with van der Waals surface area (Å²) in [6.07, 6.45) is 8.26. The van der Waals surface area contributed by atoms with Crippen molar-refractivity contribution in [3.8, 4) is 0 Å². The molecule has 0 aromatic carbocycles. The van der Waals surface area contributed by atoms with Gasteiger partial charge in [-0.05, 0) is 38.2 Å². The molecule has 1 saturated heterocycles. The van der Waals surface area contributed by atoms with Crippen molar-refractivity contribution in [2.24, 2.45) is 10.9 Å². The van der Waals surface area contributed by atoms with Gasteiger partial charge in [0.05, 0.1) is 12.1 Å². The van der Waals surface area contributed by atoms with Crippen LogP contribution in [0.1, 0.15) is 84.0 Å². The van der Waals surface area contributed by atoms with Gasteiger partial charge in [0.15, 0.2) is 5.96 Å². The Bertz CT molecular complexity index is 811. The average molecular weight is 447 g/mol. The summed E-state index contributed by atoms with van der Waals surface area (Å²) >= 11 is 1.67. The molecule has 6 nitrogen and oxygen atoms in total. The number of guanidine groups is 1. The van der Waals surface area contributed by atoms with Crippen molar-refractivity contribution in [2.45, 2.75) is 78.7 Å². The van der Waals surface area contributed by atoms with Crippen molar-refractivity contribution >= 4 is 29.1 Å². The number of rotatable bonds is 9. The number of hydrogen-bond donors (Lipinski definition) is 1. The third-order valence-corrected chi connectivity index (χ3v) is 7.86. The molecule has 1 aliphatic heterocycles. The van der Waals surface area contributed by atoms with Gasteiger partial charge in [0.25, 0.3) is 5.91 Å². The third kappa shape index (κ3) is 5.68. The van der Waals surface area contributed by atoms with Crippen LogP contribution in [0.5, 0.6) is 0 Å². The lowest BCUT2D eigenvalue weighted by atomic mass is 10.0. The van der Waals surface area contributed by atoms with E-state index >= 15 is 0 Å². The first-order chi connectivity index (χ1) is 15.0. The minimum Gasteiger partial charge on any atom is -0.354 e. The summed E-state index contributed by atoms with van der Waals surface area (Å²) in [7, 11) is 1.80. The van der Waals surface area contributed by atoms with Crippen molar-refractivity contribution in [1.82, 2.24) is 15.1 Å². The minimum atomic E-state index is -0.105. The summed E-state index contributed by atoms with van der Waals surface area (Å²) in [5.74, 6) is 1.46. The molecule has 0 bridgehead atoms. The second-order valence-corrected chi connectivity index (χ2v) is 10.2. The van der Waals surface area contributed by atoms with Gasteiger partial charge in [-0.3, -0.25) is 19.5 Å². The maximum Gasteiger partial charge on any atom is 0.261 e. The molecular weight excluding hydrogens is 408 g/mol. The maximum atomic E-state index is 13.6.